The highest BCUT2D eigenvalue weighted by Gasteiger charge is 2.63. The Labute approximate surface area is 130 Å². The highest BCUT2D eigenvalue weighted by molar-refractivity contribution is 5.59. The van der Waals surface area contributed by atoms with Gasteiger partial charge in [0.25, 0.3) is 0 Å². The molecule has 1 saturated heterocycles. The van der Waals surface area contributed by atoms with Gasteiger partial charge in [0.15, 0.2) is 6.10 Å². The first-order valence-corrected chi connectivity index (χ1v) is 8.19. The lowest BCUT2D eigenvalue weighted by Crippen LogP contribution is -2.63. The van der Waals surface area contributed by atoms with Gasteiger partial charge < -0.3 is 19.9 Å². The number of nitrogens with one attached hydrogen (secondary N) is 1. The smallest absolute Gasteiger partial charge is 0.165 e. The lowest BCUT2D eigenvalue weighted by Gasteiger charge is -2.54. The molecular weight excluding hydrogens is 278 g/mol. The summed E-state index contributed by atoms with van der Waals surface area (Å²) in [6.07, 6.45) is 5.37. The van der Waals surface area contributed by atoms with Crippen molar-refractivity contribution >= 4 is 0 Å². The van der Waals surface area contributed by atoms with Gasteiger partial charge in [-0.05, 0) is 43.4 Å². The maximum Gasteiger partial charge on any atom is 0.165 e. The molecule has 1 aromatic carbocycles. The molecule has 4 atom stereocenters. The van der Waals surface area contributed by atoms with Gasteiger partial charge in [-0.25, -0.2) is 0 Å². The summed E-state index contributed by atoms with van der Waals surface area (Å²) in [7, 11) is 1.74. The number of aliphatic hydroxyl groups is 1. The number of methoxy groups -OCH3 is 1. The van der Waals surface area contributed by atoms with E-state index in [2.05, 4.69) is 17.5 Å². The molecule has 4 heteroatoms. The normalized spacial score (nSPS) is 37.2. The van der Waals surface area contributed by atoms with Crippen LogP contribution in [0, 0.1) is 5.92 Å². The third kappa shape index (κ3) is 1.32. The van der Waals surface area contributed by atoms with E-state index in [1.807, 2.05) is 6.07 Å². The van der Waals surface area contributed by atoms with Crippen molar-refractivity contribution in [2.45, 2.75) is 43.4 Å². The molecule has 116 valence electrons. The Morgan fingerprint density at radius 3 is 3.18 bits per heavy atom. The molecule has 2 heterocycles. The Hall–Kier alpha value is -1.52. The van der Waals surface area contributed by atoms with Crippen LogP contribution in [0.3, 0.4) is 0 Å². The SMILES string of the molecule is COC1=CCC2C3Cc4ccc(CO)c5c4[C@@]2(CCN3)C1O5. The van der Waals surface area contributed by atoms with E-state index in [1.165, 1.54) is 11.1 Å². The molecule has 0 radical (unpaired) electrons. The van der Waals surface area contributed by atoms with Crippen molar-refractivity contribution in [2.75, 3.05) is 13.7 Å². The van der Waals surface area contributed by atoms with Crippen LogP contribution in [0.25, 0.3) is 0 Å². The van der Waals surface area contributed by atoms with Gasteiger partial charge in [0.05, 0.1) is 13.7 Å². The van der Waals surface area contributed by atoms with Crippen molar-refractivity contribution in [3.8, 4) is 5.75 Å². The average Bonchev–Trinajstić information content (AvgIpc) is 2.88. The highest BCUT2D eigenvalue weighted by atomic mass is 16.5. The second kappa shape index (κ2) is 4.27. The molecule has 0 saturated carbocycles. The summed E-state index contributed by atoms with van der Waals surface area (Å²) in [6.45, 7) is 1.06. The largest absolute Gasteiger partial charge is 0.497 e. The zero-order valence-electron chi connectivity index (χ0n) is 12.8. The second-order valence-corrected chi connectivity index (χ2v) is 6.95. The van der Waals surface area contributed by atoms with Crippen LogP contribution >= 0.6 is 0 Å². The minimum absolute atomic E-state index is 0.0254. The second-order valence-electron chi connectivity index (χ2n) is 6.95. The molecule has 4 nitrogen and oxygen atoms in total. The molecule has 3 unspecified atom stereocenters. The molecule has 2 N–H and O–H groups in total. The standard InChI is InChI=1S/C18H21NO3/c1-21-14-5-4-12-13-8-10-2-3-11(9-20)16-15(10)18(12,6-7-19-13)17(14)22-16/h2-3,5,12-13,17,19-20H,4,6-9H2,1H3/t12?,13?,17?,18-/m0/s1. The van der Waals surface area contributed by atoms with Crippen LogP contribution < -0.4 is 10.1 Å². The highest BCUT2D eigenvalue weighted by Crippen LogP contribution is 2.61. The van der Waals surface area contributed by atoms with E-state index in [-0.39, 0.29) is 18.1 Å². The number of hydrogen-bond acceptors (Lipinski definition) is 4. The predicted molar refractivity (Wildman–Crippen MR) is 81.8 cm³/mol. The number of piperidine rings is 1. The van der Waals surface area contributed by atoms with E-state index < -0.39 is 0 Å². The summed E-state index contributed by atoms with van der Waals surface area (Å²) >= 11 is 0. The monoisotopic (exact) mass is 299 g/mol. The van der Waals surface area contributed by atoms with Crippen molar-refractivity contribution in [1.29, 1.82) is 0 Å². The van der Waals surface area contributed by atoms with Crippen LogP contribution in [-0.4, -0.2) is 30.9 Å². The van der Waals surface area contributed by atoms with Gasteiger partial charge in [0.2, 0.25) is 0 Å². The zero-order valence-corrected chi connectivity index (χ0v) is 12.8. The van der Waals surface area contributed by atoms with E-state index in [0.717, 1.165) is 42.9 Å². The predicted octanol–water partition coefficient (Wildman–Crippen LogP) is 1.65. The summed E-state index contributed by atoms with van der Waals surface area (Å²) < 4.78 is 12.1. The van der Waals surface area contributed by atoms with Crippen molar-refractivity contribution < 1.29 is 14.6 Å². The quantitative estimate of drug-likeness (QED) is 0.872. The topological polar surface area (TPSA) is 50.7 Å². The number of allylic oxidation sites excluding steroid dienone is 1. The Morgan fingerprint density at radius 1 is 1.45 bits per heavy atom. The fourth-order valence-electron chi connectivity index (χ4n) is 5.43. The van der Waals surface area contributed by atoms with Crippen LogP contribution in [0.4, 0.5) is 0 Å². The molecule has 0 aromatic heterocycles. The van der Waals surface area contributed by atoms with Crippen molar-refractivity contribution in [2.24, 2.45) is 5.92 Å². The number of aliphatic hydroxyl groups excluding tert-OH is 1. The maximum absolute atomic E-state index is 9.72. The van der Waals surface area contributed by atoms with E-state index in [0.29, 0.717) is 12.0 Å². The van der Waals surface area contributed by atoms with E-state index in [9.17, 15) is 5.11 Å². The number of hydrogen-bond donors (Lipinski definition) is 2. The van der Waals surface area contributed by atoms with E-state index in [1.54, 1.807) is 7.11 Å². The number of ether oxygens (including phenoxy) is 2. The summed E-state index contributed by atoms with van der Waals surface area (Å²) in [5, 5.41) is 13.4. The lowest BCUT2D eigenvalue weighted by atomic mass is 9.53. The van der Waals surface area contributed by atoms with E-state index in [4.69, 9.17) is 9.47 Å². The van der Waals surface area contributed by atoms with Crippen molar-refractivity contribution in [3.63, 3.8) is 0 Å². The van der Waals surface area contributed by atoms with Crippen LogP contribution in [0.15, 0.2) is 24.0 Å². The fourth-order valence-corrected chi connectivity index (χ4v) is 5.43. The van der Waals surface area contributed by atoms with Crippen LogP contribution in [-0.2, 0) is 23.2 Å². The van der Waals surface area contributed by atoms with Gasteiger partial charge in [-0.15, -0.1) is 0 Å². The zero-order chi connectivity index (χ0) is 14.9. The molecule has 1 aromatic rings. The van der Waals surface area contributed by atoms with Gasteiger partial charge >= 0.3 is 0 Å². The number of benzene rings is 1. The number of rotatable bonds is 2. The van der Waals surface area contributed by atoms with Gasteiger partial charge in [0, 0.05) is 22.6 Å². The van der Waals surface area contributed by atoms with E-state index >= 15 is 0 Å². The third-order valence-corrected chi connectivity index (χ3v) is 6.26. The molecule has 5 rings (SSSR count). The Balaban J connectivity index is 1.81. The fraction of sp³-hybridized carbons (Fsp3) is 0.556. The summed E-state index contributed by atoms with van der Waals surface area (Å²) in [6, 6.07) is 4.74. The lowest BCUT2D eigenvalue weighted by molar-refractivity contribution is 0.0183. The van der Waals surface area contributed by atoms with Crippen molar-refractivity contribution in [3.05, 3.63) is 40.7 Å². The van der Waals surface area contributed by atoms with Crippen LogP contribution in [0.5, 0.6) is 5.75 Å². The molecule has 1 fully saturated rings. The molecule has 0 amide bonds. The summed E-state index contributed by atoms with van der Waals surface area (Å²) in [5.41, 5.74) is 3.70. The minimum atomic E-state index is -0.0254. The van der Waals surface area contributed by atoms with Gasteiger partial charge in [0.1, 0.15) is 11.5 Å². The first-order valence-electron chi connectivity index (χ1n) is 8.19. The van der Waals surface area contributed by atoms with Gasteiger partial charge in [-0.1, -0.05) is 12.1 Å². The first kappa shape index (κ1) is 13.0. The van der Waals surface area contributed by atoms with Gasteiger partial charge in [-0.2, -0.15) is 0 Å². The van der Waals surface area contributed by atoms with Crippen LogP contribution in [0.1, 0.15) is 29.5 Å². The molecular formula is C18H21NO3. The third-order valence-electron chi connectivity index (χ3n) is 6.26. The maximum atomic E-state index is 9.72. The average molecular weight is 299 g/mol. The van der Waals surface area contributed by atoms with Crippen LogP contribution in [0.2, 0.25) is 0 Å². The summed E-state index contributed by atoms with van der Waals surface area (Å²) in [4.78, 5) is 0. The Bertz CT molecular complexity index is 683. The van der Waals surface area contributed by atoms with Crippen molar-refractivity contribution in [1.82, 2.24) is 5.32 Å². The minimum Gasteiger partial charge on any atom is -0.497 e. The molecule has 4 aliphatic rings. The first-order chi connectivity index (χ1) is 10.8. The molecule has 2 bridgehead atoms. The molecule has 2 aliphatic carbocycles. The Kier molecular flexibility index (Phi) is 2.52. The Morgan fingerprint density at radius 2 is 2.36 bits per heavy atom. The molecule has 1 spiro atoms. The summed E-state index contributed by atoms with van der Waals surface area (Å²) in [5.74, 6) is 2.46. The molecule has 22 heavy (non-hydrogen) atoms. The molecule has 2 aliphatic heterocycles. The van der Waals surface area contributed by atoms with Gasteiger partial charge in [-0.3, -0.25) is 0 Å².